The predicted octanol–water partition coefficient (Wildman–Crippen LogP) is 5.44. The van der Waals surface area contributed by atoms with Gasteiger partial charge in [-0.05, 0) is 42.4 Å². The van der Waals surface area contributed by atoms with Gasteiger partial charge in [-0.1, -0.05) is 48.5 Å². The first-order chi connectivity index (χ1) is 13.2. The second kappa shape index (κ2) is 6.40. The lowest BCUT2D eigenvalue weighted by Gasteiger charge is -2.30. The van der Waals surface area contributed by atoms with E-state index < -0.39 is 0 Å². The van der Waals surface area contributed by atoms with Crippen LogP contribution in [-0.2, 0) is 0 Å². The Hall–Kier alpha value is -2.83. The maximum Gasteiger partial charge on any atom is 0.231 e. The molecule has 0 bridgehead atoms. The summed E-state index contributed by atoms with van der Waals surface area (Å²) in [5, 5.41) is 0. The summed E-state index contributed by atoms with van der Waals surface area (Å²) in [4.78, 5) is 12.6. The number of benzene rings is 2. The molecule has 0 saturated heterocycles. The van der Waals surface area contributed by atoms with Gasteiger partial charge in [-0.25, -0.2) is 9.98 Å². The number of hydrogen-bond donors (Lipinski definition) is 0. The third-order valence-electron chi connectivity index (χ3n) is 4.73. The van der Waals surface area contributed by atoms with Crippen LogP contribution in [0, 0.1) is 10.9 Å². The molecule has 0 saturated carbocycles. The van der Waals surface area contributed by atoms with E-state index in [1.807, 2.05) is 47.5 Å². The Kier molecular flexibility index (Phi) is 3.88. The van der Waals surface area contributed by atoms with Crippen molar-refractivity contribution in [1.82, 2.24) is 4.57 Å². The van der Waals surface area contributed by atoms with Crippen LogP contribution in [0.3, 0.4) is 0 Å². The van der Waals surface area contributed by atoms with Gasteiger partial charge in [0.05, 0.1) is 10.6 Å². The normalized spacial score (nSPS) is 17.4. The zero-order valence-electron chi connectivity index (χ0n) is 14.6. The van der Waals surface area contributed by atoms with Crippen LogP contribution in [0.5, 0.6) is 0 Å². The first kappa shape index (κ1) is 16.4. The molecule has 132 valence electrons. The number of allylic oxidation sites excluding steroid dienone is 1. The molecular weight excluding hydrogens is 372 g/mol. The molecule has 0 spiro atoms. The Labute approximate surface area is 166 Å². The van der Waals surface area contributed by atoms with Crippen molar-refractivity contribution < 1.29 is 0 Å². The molecule has 0 radical (unpaired) electrons. The minimum absolute atomic E-state index is 0.104. The highest BCUT2D eigenvalue weighted by atomic mass is 32.1. The Balaban J connectivity index is 1.80. The minimum atomic E-state index is -0.104. The van der Waals surface area contributed by atoms with E-state index in [0.717, 1.165) is 25.9 Å². The number of rotatable bonds is 2. The van der Waals surface area contributed by atoms with Crippen LogP contribution in [0.25, 0.3) is 5.69 Å². The van der Waals surface area contributed by atoms with Crippen molar-refractivity contribution in [2.45, 2.75) is 13.0 Å². The molecule has 1 atom stereocenters. The minimum Gasteiger partial charge on any atom is -0.277 e. The Morgan fingerprint density at radius 3 is 2.63 bits per heavy atom. The fourth-order valence-corrected chi connectivity index (χ4v) is 4.97. The molecule has 0 fully saturated rings. The molecule has 0 N–H and O–H groups in total. The van der Waals surface area contributed by atoms with Gasteiger partial charge in [-0.15, -0.1) is 11.3 Å². The van der Waals surface area contributed by atoms with Crippen molar-refractivity contribution in [3.8, 4) is 5.69 Å². The number of guanidine groups is 1. The highest BCUT2D eigenvalue weighted by Crippen LogP contribution is 2.44. The molecule has 3 heterocycles. The Bertz CT molecular complexity index is 1170. The fraction of sp³-hybridized carbons (Fsp3) is 0.0952. The number of thiazole rings is 1. The second-order valence-corrected chi connectivity index (χ2v) is 8.09. The average molecular weight is 389 g/mol. The number of fused-ring (bicyclic) bond motifs is 3. The highest BCUT2D eigenvalue weighted by molar-refractivity contribution is 7.73. The molecule has 2 aliphatic rings. The van der Waals surface area contributed by atoms with Crippen LogP contribution < -0.4 is 4.90 Å². The van der Waals surface area contributed by atoms with E-state index in [2.05, 4.69) is 40.7 Å². The largest absolute Gasteiger partial charge is 0.277 e. The van der Waals surface area contributed by atoms with Crippen molar-refractivity contribution in [1.29, 1.82) is 0 Å². The summed E-state index contributed by atoms with van der Waals surface area (Å²) in [7, 11) is 0. The van der Waals surface area contributed by atoms with E-state index in [0.29, 0.717) is 5.96 Å². The van der Waals surface area contributed by atoms with Crippen molar-refractivity contribution in [2.24, 2.45) is 9.98 Å². The predicted molar refractivity (Wildman–Crippen MR) is 115 cm³/mol. The lowest BCUT2D eigenvalue weighted by Crippen LogP contribution is -2.32. The first-order valence-electron chi connectivity index (χ1n) is 8.68. The summed E-state index contributed by atoms with van der Waals surface area (Å²) in [6, 6.07) is 18.5. The molecule has 5 rings (SSSR count). The topological polar surface area (TPSA) is 32.9 Å². The summed E-state index contributed by atoms with van der Waals surface area (Å²) in [5.41, 5.74) is 3.42. The van der Waals surface area contributed by atoms with Gasteiger partial charge in [0.15, 0.2) is 3.95 Å². The lowest BCUT2D eigenvalue weighted by atomic mass is 10.0. The van der Waals surface area contributed by atoms with Crippen molar-refractivity contribution in [3.63, 3.8) is 0 Å². The number of para-hydroxylation sites is 1. The van der Waals surface area contributed by atoms with Gasteiger partial charge in [0.25, 0.3) is 0 Å². The molecule has 0 amide bonds. The Morgan fingerprint density at radius 2 is 1.81 bits per heavy atom. The van der Waals surface area contributed by atoms with Crippen LogP contribution in [0.1, 0.15) is 22.0 Å². The number of aliphatic imine (C=N–C) groups is 2. The van der Waals surface area contributed by atoms with E-state index in [-0.39, 0.29) is 6.04 Å². The number of nitrogens with zero attached hydrogens (tertiary/aromatic N) is 4. The summed E-state index contributed by atoms with van der Waals surface area (Å²) in [6.07, 6.45) is 5.71. The van der Waals surface area contributed by atoms with E-state index in [1.165, 1.54) is 5.56 Å². The standard InChI is InChI=1S/C21H16N4S2/c1-14-8-5-6-11-16(14)25-19-18(27-21(25)26)17(15-9-3-2-4-10-15)23-20-22-12-7-13-24(19)20/h2-13,17H,1H3. The quantitative estimate of drug-likeness (QED) is 0.548. The monoisotopic (exact) mass is 388 g/mol. The Morgan fingerprint density at radius 1 is 1.04 bits per heavy atom. The van der Waals surface area contributed by atoms with Crippen molar-refractivity contribution in [3.05, 3.63) is 86.8 Å². The van der Waals surface area contributed by atoms with Crippen molar-refractivity contribution in [2.75, 3.05) is 4.90 Å². The van der Waals surface area contributed by atoms with Crippen LogP contribution in [-0.4, -0.2) is 16.7 Å². The molecule has 3 aromatic rings. The zero-order valence-corrected chi connectivity index (χ0v) is 16.2. The fourth-order valence-electron chi connectivity index (χ4n) is 3.47. The van der Waals surface area contributed by atoms with E-state index in [9.17, 15) is 0 Å². The molecule has 6 heteroatoms. The van der Waals surface area contributed by atoms with Crippen LogP contribution in [0.15, 0.2) is 76.9 Å². The molecule has 0 aliphatic carbocycles. The van der Waals surface area contributed by atoms with Gasteiger partial charge in [-0.2, -0.15) is 0 Å². The summed E-state index contributed by atoms with van der Waals surface area (Å²) in [6.45, 7) is 2.11. The molecule has 4 nitrogen and oxygen atoms in total. The molecule has 2 aromatic carbocycles. The van der Waals surface area contributed by atoms with E-state index in [4.69, 9.17) is 17.2 Å². The number of anilines is 1. The SMILES string of the molecule is Cc1ccccc1-n1c2c(sc1=S)C(c1ccccc1)N=C1N=CC=CN12. The van der Waals surface area contributed by atoms with Crippen LogP contribution >= 0.6 is 23.6 Å². The van der Waals surface area contributed by atoms with Gasteiger partial charge < -0.3 is 0 Å². The van der Waals surface area contributed by atoms with Crippen molar-refractivity contribution >= 4 is 41.5 Å². The van der Waals surface area contributed by atoms with Crippen LogP contribution in [0.2, 0.25) is 0 Å². The summed E-state index contributed by atoms with van der Waals surface area (Å²) >= 11 is 7.42. The number of aryl methyl sites for hydroxylation is 1. The van der Waals surface area contributed by atoms with E-state index in [1.54, 1.807) is 17.6 Å². The number of hydrogen-bond acceptors (Lipinski definition) is 5. The van der Waals surface area contributed by atoms with Gasteiger partial charge in [0, 0.05) is 12.4 Å². The van der Waals surface area contributed by atoms with Gasteiger partial charge in [0.2, 0.25) is 5.96 Å². The first-order valence-corrected chi connectivity index (χ1v) is 9.91. The lowest BCUT2D eigenvalue weighted by molar-refractivity contribution is 0.843. The third-order valence-corrected chi connectivity index (χ3v) is 6.15. The molecule has 1 unspecified atom stereocenters. The zero-order chi connectivity index (χ0) is 18.4. The van der Waals surface area contributed by atoms with E-state index >= 15 is 0 Å². The summed E-state index contributed by atoms with van der Waals surface area (Å²) < 4.78 is 2.97. The smallest absolute Gasteiger partial charge is 0.231 e. The van der Waals surface area contributed by atoms with Gasteiger partial charge >= 0.3 is 0 Å². The second-order valence-electron chi connectivity index (χ2n) is 6.41. The number of aromatic nitrogens is 1. The summed E-state index contributed by atoms with van der Waals surface area (Å²) in [5.74, 6) is 1.72. The maximum absolute atomic E-state index is 5.80. The molecule has 27 heavy (non-hydrogen) atoms. The van der Waals surface area contributed by atoms with Gasteiger partial charge in [0.1, 0.15) is 11.9 Å². The highest BCUT2D eigenvalue weighted by Gasteiger charge is 2.33. The molecule has 2 aliphatic heterocycles. The third kappa shape index (κ3) is 2.60. The van der Waals surface area contributed by atoms with Crippen LogP contribution in [0.4, 0.5) is 5.82 Å². The average Bonchev–Trinajstić information content (AvgIpc) is 3.05. The van der Waals surface area contributed by atoms with Gasteiger partial charge in [-0.3, -0.25) is 9.47 Å². The molecular formula is C21H16N4S2. The maximum atomic E-state index is 5.80. The molecule has 1 aromatic heterocycles.